The van der Waals surface area contributed by atoms with Crippen molar-refractivity contribution in [3.63, 3.8) is 0 Å². The number of hydrogen-bond acceptors (Lipinski definition) is 8. The van der Waals surface area contributed by atoms with Crippen LogP contribution in [0, 0.1) is 29.6 Å². The number of rotatable bonds is 14. The lowest BCUT2D eigenvalue weighted by Crippen LogP contribution is -2.46. The van der Waals surface area contributed by atoms with Gasteiger partial charge in [-0.3, -0.25) is 0 Å². The van der Waals surface area contributed by atoms with Crippen LogP contribution >= 0.6 is 0 Å². The molecular formula is C35H52O8Si. The summed E-state index contributed by atoms with van der Waals surface area (Å²) in [6, 6.07) is 7.97. The number of aldehydes is 1. The lowest BCUT2D eigenvalue weighted by Gasteiger charge is -2.42. The van der Waals surface area contributed by atoms with Gasteiger partial charge in [0.15, 0.2) is 15.1 Å². The second-order valence-corrected chi connectivity index (χ2v) is 19.0. The van der Waals surface area contributed by atoms with Crippen LogP contribution in [0.15, 0.2) is 48.3 Å². The molecule has 8 nitrogen and oxygen atoms in total. The summed E-state index contributed by atoms with van der Waals surface area (Å²) in [5, 5.41) is 0.00796. The molecule has 244 valence electrons. The molecule has 1 aliphatic heterocycles. The summed E-state index contributed by atoms with van der Waals surface area (Å²) in [6.45, 7) is 14.0. The molecule has 0 amide bonds. The SMILES string of the molecule is COCOC1=CC(=O)O[C@H](C[C@@H](C[C@H]2C=C[C@H]3[C@H](C[C@@H](C)[C@@H]3OCc3ccc(OC)cc3)[C@H]2C=O)O[Si](C)(C)C(C)(C)C)C1. The molecule has 1 fully saturated rings. The molecule has 1 saturated carbocycles. The van der Waals surface area contributed by atoms with Crippen LogP contribution in [0.25, 0.3) is 0 Å². The van der Waals surface area contributed by atoms with Crippen LogP contribution in [0.1, 0.15) is 58.9 Å². The average Bonchev–Trinajstić information content (AvgIpc) is 3.28. The number of fused-ring (bicyclic) bond motifs is 1. The third kappa shape index (κ3) is 8.41. The van der Waals surface area contributed by atoms with E-state index >= 15 is 0 Å². The molecular weight excluding hydrogens is 576 g/mol. The number of hydrogen-bond donors (Lipinski definition) is 0. The summed E-state index contributed by atoms with van der Waals surface area (Å²) in [4.78, 5) is 25.1. The van der Waals surface area contributed by atoms with Gasteiger partial charge in [0.05, 0.1) is 25.9 Å². The van der Waals surface area contributed by atoms with Crippen LogP contribution in [0.5, 0.6) is 5.75 Å². The third-order valence-electron chi connectivity index (χ3n) is 10.1. The van der Waals surface area contributed by atoms with E-state index in [9.17, 15) is 9.59 Å². The summed E-state index contributed by atoms with van der Waals surface area (Å²) in [6.07, 6.45) is 9.23. The molecule has 9 heteroatoms. The zero-order chi connectivity index (χ0) is 32.1. The van der Waals surface area contributed by atoms with Crippen molar-refractivity contribution in [2.45, 2.75) is 96.4 Å². The second-order valence-electron chi connectivity index (χ2n) is 14.2. The van der Waals surface area contributed by atoms with Crippen LogP contribution in [0.2, 0.25) is 18.1 Å². The number of esters is 1. The van der Waals surface area contributed by atoms with Gasteiger partial charge in [0.2, 0.25) is 0 Å². The van der Waals surface area contributed by atoms with Crippen molar-refractivity contribution in [2.24, 2.45) is 29.6 Å². The number of allylic oxidation sites excluding steroid dienone is 1. The number of benzene rings is 1. The first kappa shape index (κ1) is 34.4. The molecule has 0 unspecified atom stereocenters. The fraction of sp³-hybridized carbons (Fsp3) is 0.657. The fourth-order valence-electron chi connectivity index (χ4n) is 6.76. The standard InChI is InChI=1S/C35H52O8Si/c1-23-15-31-30(34(23)40-21-24-9-12-26(39-6)13-10-24)14-11-25(32(31)20-36)16-29(43-44(7,8)35(2,3)4)18-28-17-27(41-22-38-5)19-33(37)42-28/h9-14,19-20,23,25,28-32,34H,15-18,21-22H2,1-8H3/t23-,25-,28+,29-,30+,31+,32+,34+/m1/s1. The zero-order valence-corrected chi connectivity index (χ0v) is 28.7. The highest BCUT2D eigenvalue weighted by molar-refractivity contribution is 6.74. The minimum atomic E-state index is -2.17. The van der Waals surface area contributed by atoms with Crippen LogP contribution in [0.3, 0.4) is 0 Å². The summed E-state index contributed by atoms with van der Waals surface area (Å²) in [5.74, 6) is 1.64. The predicted molar refractivity (Wildman–Crippen MR) is 171 cm³/mol. The van der Waals surface area contributed by atoms with Gasteiger partial charge in [0.25, 0.3) is 0 Å². The van der Waals surface area contributed by atoms with Crippen molar-refractivity contribution in [3.8, 4) is 5.75 Å². The van der Waals surface area contributed by atoms with E-state index in [0.29, 0.717) is 37.5 Å². The number of carbonyl (C=O) groups excluding carboxylic acids is 2. The smallest absolute Gasteiger partial charge is 0.334 e. The molecule has 0 aromatic heterocycles. The maximum atomic E-state index is 12.7. The van der Waals surface area contributed by atoms with Crippen LogP contribution in [0.4, 0.5) is 0 Å². The molecule has 4 rings (SSSR count). The first-order chi connectivity index (χ1) is 20.8. The Morgan fingerprint density at radius 1 is 1.09 bits per heavy atom. The molecule has 44 heavy (non-hydrogen) atoms. The van der Waals surface area contributed by atoms with Gasteiger partial charge in [-0.2, -0.15) is 0 Å². The Hall–Kier alpha value is -2.46. The van der Waals surface area contributed by atoms with Crippen LogP contribution in [-0.2, 0) is 39.6 Å². The van der Waals surface area contributed by atoms with E-state index in [4.69, 9.17) is 28.1 Å². The molecule has 1 heterocycles. The van der Waals surface area contributed by atoms with Gasteiger partial charge in [-0.1, -0.05) is 52.0 Å². The van der Waals surface area contributed by atoms with Crippen LogP contribution < -0.4 is 4.74 Å². The first-order valence-corrected chi connectivity index (χ1v) is 18.8. The predicted octanol–water partition coefficient (Wildman–Crippen LogP) is 6.84. The number of ether oxygens (including phenoxy) is 5. The Bertz CT molecular complexity index is 1170. The van der Waals surface area contributed by atoms with Crippen molar-refractivity contribution < 1.29 is 37.7 Å². The average molecular weight is 629 g/mol. The third-order valence-corrected chi connectivity index (χ3v) is 14.6. The van der Waals surface area contributed by atoms with E-state index in [-0.39, 0.29) is 53.8 Å². The summed E-state index contributed by atoms with van der Waals surface area (Å²) >= 11 is 0. The number of methoxy groups -OCH3 is 2. The maximum Gasteiger partial charge on any atom is 0.334 e. The Labute approximate surface area is 264 Å². The van der Waals surface area contributed by atoms with E-state index in [1.165, 1.54) is 6.08 Å². The molecule has 1 aromatic carbocycles. The van der Waals surface area contributed by atoms with E-state index in [2.05, 4.69) is 52.9 Å². The molecule has 8 atom stereocenters. The molecule has 0 bridgehead atoms. The van der Waals surface area contributed by atoms with E-state index in [1.54, 1.807) is 14.2 Å². The molecule has 0 radical (unpaired) electrons. The summed E-state index contributed by atoms with van der Waals surface area (Å²) in [7, 11) is 1.05. The first-order valence-electron chi connectivity index (χ1n) is 15.9. The monoisotopic (exact) mass is 628 g/mol. The second kappa shape index (κ2) is 14.8. The summed E-state index contributed by atoms with van der Waals surface area (Å²) in [5.41, 5.74) is 1.10. The van der Waals surface area contributed by atoms with Crippen molar-refractivity contribution in [1.82, 2.24) is 0 Å². The quantitative estimate of drug-likeness (QED) is 0.0727. The minimum absolute atomic E-state index is 0.00796. The molecule has 0 N–H and O–H groups in total. The Balaban J connectivity index is 1.49. The van der Waals surface area contributed by atoms with Gasteiger partial charge in [0, 0.05) is 37.9 Å². The van der Waals surface area contributed by atoms with Crippen molar-refractivity contribution in [1.29, 1.82) is 0 Å². The summed E-state index contributed by atoms with van der Waals surface area (Å²) < 4.78 is 35.1. The Kier molecular flexibility index (Phi) is 11.5. The van der Waals surface area contributed by atoms with Gasteiger partial charge in [-0.25, -0.2) is 4.79 Å². The molecule has 2 aliphatic carbocycles. The normalized spacial score (nSPS) is 29.4. The molecule has 3 aliphatic rings. The lowest BCUT2D eigenvalue weighted by molar-refractivity contribution is -0.147. The van der Waals surface area contributed by atoms with Gasteiger partial charge >= 0.3 is 5.97 Å². The Morgan fingerprint density at radius 3 is 2.45 bits per heavy atom. The van der Waals surface area contributed by atoms with Crippen molar-refractivity contribution >= 4 is 20.6 Å². The molecule has 0 spiro atoms. The minimum Gasteiger partial charge on any atom is -0.497 e. The maximum absolute atomic E-state index is 12.7. The fourth-order valence-corrected chi connectivity index (χ4v) is 8.14. The molecule has 0 saturated heterocycles. The van der Waals surface area contributed by atoms with E-state index in [1.807, 2.05) is 24.3 Å². The number of carbonyl (C=O) groups is 2. The highest BCUT2D eigenvalue weighted by Crippen LogP contribution is 2.49. The van der Waals surface area contributed by atoms with Crippen molar-refractivity contribution in [2.75, 3.05) is 21.0 Å². The van der Waals surface area contributed by atoms with Gasteiger partial charge < -0.3 is 32.9 Å². The Morgan fingerprint density at radius 2 is 1.82 bits per heavy atom. The van der Waals surface area contributed by atoms with Gasteiger partial charge in [-0.05, 0) is 66.4 Å². The highest BCUT2D eigenvalue weighted by atomic mass is 28.4. The zero-order valence-electron chi connectivity index (χ0n) is 27.7. The topological polar surface area (TPSA) is 89.5 Å². The van der Waals surface area contributed by atoms with Crippen LogP contribution in [-0.4, -0.2) is 59.9 Å². The van der Waals surface area contributed by atoms with Crippen molar-refractivity contribution in [3.05, 3.63) is 53.8 Å². The highest BCUT2D eigenvalue weighted by Gasteiger charge is 2.49. The number of cyclic esters (lactones) is 1. The van der Waals surface area contributed by atoms with E-state index in [0.717, 1.165) is 24.0 Å². The van der Waals surface area contributed by atoms with Gasteiger partial charge in [0.1, 0.15) is 23.9 Å². The van der Waals surface area contributed by atoms with E-state index < -0.39 is 14.3 Å². The molecule has 1 aromatic rings. The van der Waals surface area contributed by atoms with Gasteiger partial charge in [-0.15, -0.1) is 0 Å². The largest absolute Gasteiger partial charge is 0.497 e. The lowest BCUT2D eigenvalue weighted by atomic mass is 9.70.